The van der Waals surface area contributed by atoms with Crippen LogP contribution in [0.3, 0.4) is 0 Å². The van der Waals surface area contributed by atoms with Crippen molar-refractivity contribution in [3.05, 3.63) is 29.5 Å². The number of hydrogen-bond donors (Lipinski definition) is 2. The number of anilines is 1. The number of nitrogens with one attached hydrogen (secondary N) is 1. The summed E-state index contributed by atoms with van der Waals surface area (Å²) in [4.78, 5) is 23.2. The fourth-order valence-electron chi connectivity index (χ4n) is 2.14. The van der Waals surface area contributed by atoms with Gasteiger partial charge in [0.1, 0.15) is 0 Å². The van der Waals surface area contributed by atoms with E-state index in [9.17, 15) is 9.59 Å². The lowest BCUT2D eigenvalue weighted by atomic mass is 10.0. The van der Waals surface area contributed by atoms with Crippen LogP contribution in [0.25, 0.3) is 10.9 Å². The van der Waals surface area contributed by atoms with Crippen molar-refractivity contribution < 1.29 is 9.59 Å². The minimum Gasteiger partial charge on any atom is -0.398 e. The lowest BCUT2D eigenvalue weighted by Gasteiger charge is -2.03. The molecule has 5 nitrogen and oxygen atoms in total. The Bertz CT molecular complexity index is 655. The van der Waals surface area contributed by atoms with Crippen LogP contribution in [-0.4, -0.2) is 16.4 Å². The van der Waals surface area contributed by atoms with Crippen LogP contribution in [0.15, 0.2) is 18.3 Å². The van der Waals surface area contributed by atoms with Gasteiger partial charge in [0, 0.05) is 24.3 Å². The van der Waals surface area contributed by atoms with E-state index in [0.717, 1.165) is 10.9 Å². The van der Waals surface area contributed by atoms with Gasteiger partial charge in [0.2, 0.25) is 0 Å². The van der Waals surface area contributed by atoms with E-state index in [1.54, 1.807) is 6.07 Å². The molecule has 3 N–H and O–H groups in total. The molecule has 80 valence electrons. The van der Waals surface area contributed by atoms with Crippen molar-refractivity contribution in [3.8, 4) is 0 Å². The van der Waals surface area contributed by atoms with E-state index >= 15 is 0 Å². The molecule has 0 spiro atoms. The first kappa shape index (κ1) is 8.96. The number of carbonyl (C=O) groups is 2. The van der Waals surface area contributed by atoms with Gasteiger partial charge in [0.15, 0.2) is 0 Å². The normalized spacial score (nSPS) is 14.3. The molecule has 3 rings (SSSR count). The summed E-state index contributed by atoms with van der Waals surface area (Å²) in [5.74, 6) is -0.785. The first-order valence-corrected chi connectivity index (χ1v) is 4.83. The molecule has 0 aliphatic carbocycles. The smallest absolute Gasteiger partial charge is 0.261 e. The van der Waals surface area contributed by atoms with Crippen molar-refractivity contribution in [2.75, 3.05) is 5.73 Å². The van der Waals surface area contributed by atoms with E-state index in [1.807, 2.05) is 23.9 Å². The molecule has 0 unspecified atom stereocenters. The molecule has 5 heteroatoms. The number of nitrogen functional groups attached to an aromatic ring is 1. The maximum Gasteiger partial charge on any atom is 0.261 e. The fraction of sp³-hybridized carbons (Fsp3) is 0.0909. The van der Waals surface area contributed by atoms with Gasteiger partial charge in [-0.3, -0.25) is 14.9 Å². The second kappa shape index (κ2) is 2.63. The maximum absolute atomic E-state index is 11.7. The Morgan fingerprint density at radius 2 is 1.94 bits per heavy atom. The van der Waals surface area contributed by atoms with Crippen LogP contribution < -0.4 is 11.1 Å². The number of aryl methyl sites for hydroxylation is 1. The molecule has 2 heterocycles. The number of nitrogens with zero attached hydrogens (tertiary/aromatic N) is 1. The van der Waals surface area contributed by atoms with Gasteiger partial charge in [-0.2, -0.15) is 0 Å². The van der Waals surface area contributed by atoms with Gasteiger partial charge in [0.25, 0.3) is 11.8 Å². The van der Waals surface area contributed by atoms with Crippen molar-refractivity contribution in [2.45, 2.75) is 0 Å². The third kappa shape index (κ3) is 0.894. The Kier molecular flexibility index (Phi) is 1.47. The lowest BCUT2D eigenvalue weighted by molar-refractivity contribution is 0.0880. The molecule has 1 aromatic carbocycles. The SMILES string of the molecule is Cn1ccc2c3c(c(N)cc21)C(=O)NC3=O. The zero-order valence-corrected chi connectivity index (χ0v) is 8.57. The van der Waals surface area contributed by atoms with Crippen molar-refractivity contribution in [1.29, 1.82) is 0 Å². The average Bonchev–Trinajstić information content (AvgIpc) is 2.71. The van der Waals surface area contributed by atoms with Crippen molar-refractivity contribution in [3.63, 3.8) is 0 Å². The summed E-state index contributed by atoms with van der Waals surface area (Å²) in [6.07, 6.45) is 1.83. The summed E-state index contributed by atoms with van der Waals surface area (Å²) in [6, 6.07) is 3.53. The average molecular weight is 215 g/mol. The second-order valence-corrected chi connectivity index (χ2v) is 3.86. The first-order chi connectivity index (χ1) is 7.59. The molecule has 0 radical (unpaired) electrons. The molecule has 0 bridgehead atoms. The third-order valence-corrected chi connectivity index (χ3v) is 2.90. The monoisotopic (exact) mass is 215 g/mol. The molecular formula is C11H9N3O2. The third-order valence-electron chi connectivity index (χ3n) is 2.90. The summed E-state index contributed by atoms with van der Waals surface area (Å²) in [5.41, 5.74) is 7.67. The van der Waals surface area contributed by atoms with Crippen LogP contribution in [0.2, 0.25) is 0 Å². The van der Waals surface area contributed by atoms with E-state index in [1.165, 1.54) is 0 Å². The Balaban J connectivity index is 2.55. The Hall–Kier alpha value is -2.30. The number of rotatable bonds is 0. The van der Waals surface area contributed by atoms with Crippen LogP contribution in [0.4, 0.5) is 5.69 Å². The highest BCUT2D eigenvalue weighted by molar-refractivity contribution is 6.28. The predicted octanol–water partition coefficient (Wildman–Crippen LogP) is 0.644. The molecule has 16 heavy (non-hydrogen) atoms. The molecule has 2 amide bonds. The highest BCUT2D eigenvalue weighted by atomic mass is 16.2. The zero-order valence-electron chi connectivity index (χ0n) is 8.57. The first-order valence-electron chi connectivity index (χ1n) is 4.83. The molecular weight excluding hydrogens is 206 g/mol. The van der Waals surface area contributed by atoms with Gasteiger partial charge in [-0.15, -0.1) is 0 Å². The number of fused-ring (bicyclic) bond motifs is 3. The number of aromatic nitrogens is 1. The van der Waals surface area contributed by atoms with Crippen molar-refractivity contribution in [1.82, 2.24) is 9.88 Å². The lowest BCUT2D eigenvalue weighted by Crippen LogP contribution is -2.20. The Morgan fingerprint density at radius 1 is 1.25 bits per heavy atom. The maximum atomic E-state index is 11.7. The number of hydrogen-bond acceptors (Lipinski definition) is 3. The molecule has 1 aromatic heterocycles. The molecule has 2 aromatic rings. The largest absolute Gasteiger partial charge is 0.398 e. The summed E-state index contributed by atoms with van der Waals surface area (Å²) < 4.78 is 1.86. The van der Waals surface area contributed by atoms with Crippen molar-refractivity contribution in [2.24, 2.45) is 7.05 Å². The Labute approximate surface area is 90.8 Å². The number of benzene rings is 1. The van der Waals surface area contributed by atoms with Gasteiger partial charge in [0.05, 0.1) is 16.6 Å². The van der Waals surface area contributed by atoms with Gasteiger partial charge >= 0.3 is 0 Å². The highest BCUT2D eigenvalue weighted by Crippen LogP contribution is 2.31. The van der Waals surface area contributed by atoms with Crippen LogP contribution in [0.5, 0.6) is 0 Å². The van der Waals surface area contributed by atoms with Gasteiger partial charge in [-0.25, -0.2) is 0 Å². The topological polar surface area (TPSA) is 77.1 Å². The standard InChI is InChI=1S/C11H9N3O2/c1-14-3-2-5-7(14)4-6(12)9-8(5)10(15)13-11(9)16/h2-4H,12H2,1H3,(H,13,15,16). The van der Waals surface area contributed by atoms with Gasteiger partial charge in [-0.05, 0) is 12.1 Å². The quantitative estimate of drug-likeness (QED) is 0.500. The molecule has 1 aliphatic rings. The molecule has 1 aliphatic heterocycles. The summed E-state index contributed by atoms with van der Waals surface area (Å²) >= 11 is 0. The van der Waals surface area contributed by atoms with Crippen LogP contribution in [-0.2, 0) is 7.05 Å². The van der Waals surface area contributed by atoms with E-state index in [4.69, 9.17) is 5.73 Å². The summed E-state index contributed by atoms with van der Waals surface area (Å²) in [6.45, 7) is 0. The Morgan fingerprint density at radius 3 is 2.69 bits per heavy atom. The highest BCUT2D eigenvalue weighted by Gasteiger charge is 2.31. The minimum absolute atomic E-state index is 0.295. The minimum atomic E-state index is -0.414. The summed E-state index contributed by atoms with van der Waals surface area (Å²) in [5, 5.41) is 3.02. The zero-order chi connectivity index (χ0) is 11.4. The number of carbonyl (C=O) groups excluding carboxylic acids is 2. The van der Waals surface area contributed by atoms with Crippen molar-refractivity contribution >= 4 is 28.4 Å². The predicted molar refractivity (Wildman–Crippen MR) is 59.1 cm³/mol. The fourth-order valence-corrected chi connectivity index (χ4v) is 2.14. The van der Waals surface area contributed by atoms with Gasteiger partial charge < -0.3 is 10.3 Å². The molecule has 0 saturated heterocycles. The second-order valence-electron chi connectivity index (χ2n) is 3.86. The van der Waals surface area contributed by atoms with E-state index < -0.39 is 5.91 Å². The molecule has 0 saturated carbocycles. The van der Waals surface area contributed by atoms with E-state index in [2.05, 4.69) is 5.32 Å². The van der Waals surface area contributed by atoms with Gasteiger partial charge in [-0.1, -0.05) is 0 Å². The summed E-state index contributed by atoms with van der Waals surface area (Å²) in [7, 11) is 1.86. The van der Waals surface area contributed by atoms with Crippen LogP contribution >= 0.6 is 0 Å². The van der Waals surface area contributed by atoms with Crippen LogP contribution in [0.1, 0.15) is 20.7 Å². The van der Waals surface area contributed by atoms with E-state index in [-0.39, 0.29) is 5.91 Å². The van der Waals surface area contributed by atoms with Crippen LogP contribution in [0, 0.1) is 0 Å². The number of amides is 2. The molecule has 0 fully saturated rings. The number of imide groups is 1. The van der Waals surface area contributed by atoms with E-state index in [0.29, 0.717) is 16.8 Å². The molecule has 0 atom stereocenters. The number of nitrogens with two attached hydrogens (primary N) is 1.